The number of hydrogen-bond acceptors (Lipinski definition) is 7. The lowest BCUT2D eigenvalue weighted by molar-refractivity contribution is -0.118. The molecular formula is C18H19N5O2S2. The number of rotatable bonds is 8. The highest BCUT2D eigenvalue weighted by Crippen LogP contribution is 2.25. The Morgan fingerprint density at radius 3 is 2.81 bits per heavy atom. The fourth-order valence-electron chi connectivity index (χ4n) is 2.33. The smallest absolute Gasteiger partial charge is 0.250 e. The molecule has 0 unspecified atom stereocenters. The summed E-state index contributed by atoms with van der Waals surface area (Å²) in [7, 11) is 1.63. The molecule has 0 saturated heterocycles. The zero-order valence-corrected chi connectivity index (χ0v) is 16.6. The summed E-state index contributed by atoms with van der Waals surface area (Å²) in [4.78, 5) is 13.0. The molecule has 1 amide bonds. The summed E-state index contributed by atoms with van der Waals surface area (Å²) in [5, 5.41) is 15.1. The molecule has 0 saturated carbocycles. The third kappa shape index (κ3) is 4.95. The average molecular weight is 402 g/mol. The molecular weight excluding hydrogens is 382 g/mol. The van der Waals surface area contributed by atoms with Gasteiger partial charge in [0.1, 0.15) is 5.75 Å². The van der Waals surface area contributed by atoms with E-state index < -0.39 is 0 Å². The van der Waals surface area contributed by atoms with Crippen LogP contribution >= 0.6 is 23.1 Å². The Bertz CT molecular complexity index is 904. The molecule has 0 aliphatic carbocycles. The average Bonchev–Trinajstić information content (AvgIpc) is 3.36. The van der Waals surface area contributed by atoms with Crippen LogP contribution in [0.4, 0.5) is 0 Å². The number of hydrazone groups is 1. The largest absolute Gasteiger partial charge is 0.497 e. The Morgan fingerprint density at radius 1 is 1.33 bits per heavy atom. The molecule has 3 aromatic rings. The minimum atomic E-state index is -0.190. The maximum absolute atomic E-state index is 12.0. The predicted octanol–water partition coefficient (Wildman–Crippen LogP) is 3.28. The van der Waals surface area contributed by atoms with E-state index in [9.17, 15) is 4.79 Å². The monoisotopic (exact) mass is 401 g/mol. The van der Waals surface area contributed by atoms with Crippen molar-refractivity contribution >= 4 is 35.2 Å². The van der Waals surface area contributed by atoms with Crippen LogP contribution in [0.25, 0.3) is 11.4 Å². The molecule has 0 radical (unpaired) electrons. The van der Waals surface area contributed by atoms with Crippen LogP contribution in [0.3, 0.4) is 0 Å². The second-order valence-corrected chi connectivity index (χ2v) is 7.30. The van der Waals surface area contributed by atoms with Gasteiger partial charge in [0.2, 0.25) is 0 Å². The van der Waals surface area contributed by atoms with Crippen molar-refractivity contribution < 1.29 is 9.53 Å². The molecule has 0 atom stereocenters. The van der Waals surface area contributed by atoms with Crippen molar-refractivity contribution in [3.05, 3.63) is 46.7 Å². The van der Waals surface area contributed by atoms with Gasteiger partial charge in [-0.05, 0) is 42.6 Å². The van der Waals surface area contributed by atoms with Gasteiger partial charge in [0.15, 0.2) is 11.0 Å². The van der Waals surface area contributed by atoms with Gasteiger partial charge in [0, 0.05) is 17.0 Å². The molecule has 0 spiro atoms. The highest BCUT2D eigenvalue weighted by atomic mass is 32.2. The molecule has 0 aliphatic rings. The number of ether oxygens (including phenoxy) is 1. The fourth-order valence-corrected chi connectivity index (χ4v) is 3.71. The van der Waals surface area contributed by atoms with Crippen LogP contribution in [-0.2, 0) is 11.3 Å². The van der Waals surface area contributed by atoms with Crippen LogP contribution in [0.5, 0.6) is 5.75 Å². The standard InChI is InChI=1S/C18H19N5O2S2/c1-3-23-17(13-6-8-14(25-2)9-7-13)21-22-18(23)27-12-16(24)20-19-11-15-5-4-10-26-15/h4-11H,3,12H2,1-2H3,(H,20,24)/b19-11+. The third-order valence-electron chi connectivity index (χ3n) is 3.64. The lowest BCUT2D eigenvalue weighted by Gasteiger charge is -2.07. The number of methoxy groups -OCH3 is 1. The number of thiophene rings is 1. The third-order valence-corrected chi connectivity index (χ3v) is 5.41. The summed E-state index contributed by atoms with van der Waals surface area (Å²) < 4.78 is 7.17. The first-order valence-corrected chi connectivity index (χ1v) is 10.1. The first-order chi connectivity index (χ1) is 13.2. The van der Waals surface area contributed by atoms with E-state index in [-0.39, 0.29) is 11.7 Å². The van der Waals surface area contributed by atoms with Crippen molar-refractivity contribution in [2.24, 2.45) is 5.10 Å². The number of hydrogen-bond donors (Lipinski definition) is 1. The van der Waals surface area contributed by atoms with E-state index in [1.807, 2.05) is 53.3 Å². The maximum atomic E-state index is 12.0. The maximum Gasteiger partial charge on any atom is 0.250 e. The molecule has 1 N–H and O–H groups in total. The van der Waals surface area contributed by atoms with Crippen molar-refractivity contribution in [3.8, 4) is 17.1 Å². The molecule has 2 heterocycles. The molecule has 7 nitrogen and oxygen atoms in total. The number of amides is 1. The molecule has 2 aromatic heterocycles. The molecule has 3 rings (SSSR count). The van der Waals surface area contributed by atoms with Gasteiger partial charge in [-0.2, -0.15) is 5.10 Å². The Kier molecular flexibility index (Phi) is 6.61. The lowest BCUT2D eigenvalue weighted by Crippen LogP contribution is -2.19. The van der Waals surface area contributed by atoms with Crippen molar-refractivity contribution in [2.45, 2.75) is 18.6 Å². The second-order valence-electron chi connectivity index (χ2n) is 5.38. The number of thioether (sulfide) groups is 1. The Morgan fingerprint density at radius 2 is 2.15 bits per heavy atom. The van der Waals surface area contributed by atoms with Gasteiger partial charge in [-0.3, -0.25) is 4.79 Å². The molecule has 9 heteroatoms. The van der Waals surface area contributed by atoms with E-state index in [1.54, 1.807) is 24.7 Å². The minimum absolute atomic E-state index is 0.190. The van der Waals surface area contributed by atoms with Crippen LogP contribution in [0, 0.1) is 0 Å². The second kappa shape index (κ2) is 9.33. The van der Waals surface area contributed by atoms with Crippen LogP contribution < -0.4 is 10.2 Å². The van der Waals surface area contributed by atoms with Gasteiger partial charge in [-0.1, -0.05) is 17.8 Å². The fraction of sp³-hybridized carbons (Fsp3) is 0.222. The first kappa shape index (κ1) is 19.1. The van der Waals surface area contributed by atoms with E-state index in [1.165, 1.54) is 11.8 Å². The van der Waals surface area contributed by atoms with E-state index in [2.05, 4.69) is 20.7 Å². The van der Waals surface area contributed by atoms with Crippen LogP contribution in [0.15, 0.2) is 52.0 Å². The van der Waals surface area contributed by atoms with Crippen molar-refractivity contribution in [1.29, 1.82) is 0 Å². The number of nitrogens with one attached hydrogen (secondary N) is 1. The molecule has 0 fully saturated rings. The zero-order valence-electron chi connectivity index (χ0n) is 15.0. The minimum Gasteiger partial charge on any atom is -0.497 e. The first-order valence-electron chi connectivity index (χ1n) is 8.27. The van der Waals surface area contributed by atoms with Gasteiger partial charge >= 0.3 is 0 Å². The zero-order chi connectivity index (χ0) is 19.1. The highest BCUT2D eigenvalue weighted by Gasteiger charge is 2.14. The number of nitrogens with zero attached hydrogens (tertiary/aromatic N) is 4. The Labute approximate surface area is 165 Å². The van der Waals surface area contributed by atoms with Crippen LogP contribution in [0.2, 0.25) is 0 Å². The summed E-state index contributed by atoms with van der Waals surface area (Å²) in [5.74, 6) is 1.57. The quantitative estimate of drug-likeness (QED) is 0.356. The van der Waals surface area contributed by atoms with E-state index >= 15 is 0 Å². The van der Waals surface area contributed by atoms with Gasteiger partial charge in [-0.15, -0.1) is 21.5 Å². The summed E-state index contributed by atoms with van der Waals surface area (Å²) in [6.45, 7) is 2.72. The normalized spacial score (nSPS) is 11.0. The van der Waals surface area contributed by atoms with E-state index in [0.29, 0.717) is 11.7 Å². The molecule has 140 valence electrons. The number of aromatic nitrogens is 3. The number of carbonyl (C=O) groups is 1. The number of carbonyl (C=O) groups excluding carboxylic acids is 1. The van der Waals surface area contributed by atoms with Gasteiger partial charge in [0.05, 0.1) is 19.1 Å². The summed E-state index contributed by atoms with van der Waals surface area (Å²) in [6.07, 6.45) is 1.63. The molecule has 1 aromatic carbocycles. The Balaban J connectivity index is 1.61. The summed E-state index contributed by atoms with van der Waals surface area (Å²) >= 11 is 2.89. The lowest BCUT2D eigenvalue weighted by atomic mass is 10.2. The SMILES string of the molecule is CCn1c(SCC(=O)N/N=C/c2cccs2)nnc1-c1ccc(OC)cc1. The topological polar surface area (TPSA) is 81.4 Å². The molecule has 27 heavy (non-hydrogen) atoms. The van der Waals surface area contributed by atoms with Gasteiger partial charge < -0.3 is 9.30 Å². The van der Waals surface area contributed by atoms with E-state index in [4.69, 9.17) is 4.74 Å². The summed E-state index contributed by atoms with van der Waals surface area (Å²) in [5.41, 5.74) is 3.47. The van der Waals surface area contributed by atoms with E-state index in [0.717, 1.165) is 22.0 Å². The molecule has 0 bridgehead atoms. The number of benzene rings is 1. The highest BCUT2D eigenvalue weighted by molar-refractivity contribution is 7.99. The van der Waals surface area contributed by atoms with Gasteiger partial charge in [0.25, 0.3) is 5.91 Å². The Hall–Kier alpha value is -2.65. The van der Waals surface area contributed by atoms with Crippen LogP contribution in [-0.4, -0.2) is 39.7 Å². The van der Waals surface area contributed by atoms with Crippen molar-refractivity contribution in [3.63, 3.8) is 0 Å². The molecule has 0 aliphatic heterocycles. The van der Waals surface area contributed by atoms with Gasteiger partial charge in [-0.25, -0.2) is 5.43 Å². The van der Waals surface area contributed by atoms with Crippen LogP contribution in [0.1, 0.15) is 11.8 Å². The van der Waals surface area contributed by atoms with Crippen molar-refractivity contribution in [2.75, 3.05) is 12.9 Å². The predicted molar refractivity (Wildman–Crippen MR) is 108 cm³/mol. The van der Waals surface area contributed by atoms with Crippen molar-refractivity contribution in [1.82, 2.24) is 20.2 Å². The summed E-state index contributed by atoms with van der Waals surface area (Å²) in [6, 6.07) is 11.5.